The molecule has 3 aromatic rings. The van der Waals surface area contributed by atoms with Crippen molar-refractivity contribution in [2.24, 2.45) is 0 Å². The number of hydrogen-bond acceptors (Lipinski definition) is 6. The Bertz CT molecular complexity index is 1210. The Balaban J connectivity index is 1.30. The number of carbonyl (C=O) groups excluding carboxylic acids is 1. The number of amides is 1. The summed E-state index contributed by atoms with van der Waals surface area (Å²) in [7, 11) is 0. The molecule has 6 nitrogen and oxygen atoms in total. The second-order valence-electron chi connectivity index (χ2n) is 7.88. The average molecular weight is 544 g/mol. The van der Waals surface area contributed by atoms with E-state index in [0.29, 0.717) is 18.2 Å². The van der Waals surface area contributed by atoms with E-state index in [0.717, 1.165) is 46.0 Å². The molecule has 33 heavy (non-hydrogen) atoms. The average Bonchev–Trinajstić information content (AvgIpc) is 3.33. The lowest BCUT2D eigenvalue weighted by Gasteiger charge is -2.36. The lowest BCUT2D eigenvalue weighted by Crippen LogP contribution is -2.49. The van der Waals surface area contributed by atoms with Crippen LogP contribution in [0.25, 0.3) is 5.69 Å². The molecule has 0 radical (unpaired) electrons. The van der Waals surface area contributed by atoms with Crippen LogP contribution in [0.15, 0.2) is 73.9 Å². The van der Waals surface area contributed by atoms with Crippen molar-refractivity contribution in [3.05, 3.63) is 75.1 Å². The van der Waals surface area contributed by atoms with Crippen molar-refractivity contribution in [1.29, 1.82) is 0 Å². The first-order valence-electron chi connectivity index (χ1n) is 10.9. The summed E-state index contributed by atoms with van der Waals surface area (Å²) in [6.45, 7) is 3.03. The Morgan fingerprint density at radius 1 is 1.00 bits per heavy atom. The zero-order valence-corrected chi connectivity index (χ0v) is 21.2. The van der Waals surface area contributed by atoms with E-state index in [-0.39, 0.29) is 17.2 Å². The number of para-hydroxylation sites is 1. The van der Waals surface area contributed by atoms with Crippen molar-refractivity contribution in [3.8, 4) is 5.69 Å². The van der Waals surface area contributed by atoms with Crippen molar-refractivity contribution in [3.63, 3.8) is 0 Å². The smallest absolute Gasteiger partial charge is 0.272 e. The van der Waals surface area contributed by atoms with Gasteiger partial charge < -0.3 is 9.80 Å². The Hall–Kier alpha value is -2.23. The summed E-state index contributed by atoms with van der Waals surface area (Å²) in [5, 5.41) is 0.583. The van der Waals surface area contributed by atoms with Crippen molar-refractivity contribution in [1.82, 2.24) is 14.5 Å². The van der Waals surface area contributed by atoms with E-state index in [4.69, 9.17) is 4.98 Å². The maximum absolute atomic E-state index is 13.3. The SMILES string of the molecule is O=C(CSc1nc2c(c(=O)n1-c1ccc(Br)cc1)SCC2)N1CCN(c2ccccc2)CC1. The first-order chi connectivity index (χ1) is 16.1. The van der Waals surface area contributed by atoms with E-state index in [1.165, 1.54) is 17.4 Å². The number of hydrogen-bond donors (Lipinski definition) is 0. The molecule has 0 spiro atoms. The van der Waals surface area contributed by atoms with E-state index in [2.05, 4.69) is 33.0 Å². The van der Waals surface area contributed by atoms with Gasteiger partial charge in [-0.2, -0.15) is 0 Å². The molecular formula is C24H23BrN4O2S2. The number of fused-ring (bicyclic) bond motifs is 1. The van der Waals surface area contributed by atoms with Gasteiger partial charge in [0.1, 0.15) is 0 Å². The summed E-state index contributed by atoms with van der Waals surface area (Å²) in [4.78, 5) is 36.0. The highest BCUT2D eigenvalue weighted by Gasteiger charge is 2.25. The summed E-state index contributed by atoms with van der Waals surface area (Å²) in [6.07, 6.45) is 0.791. The molecule has 1 aromatic heterocycles. The maximum atomic E-state index is 13.3. The third kappa shape index (κ3) is 4.85. The van der Waals surface area contributed by atoms with Crippen LogP contribution in [0.3, 0.4) is 0 Å². The van der Waals surface area contributed by atoms with Crippen LogP contribution in [-0.4, -0.2) is 58.0 Å². The number of nitrogens with zero attached hydrogens (tertiary/aromatic N) is 4. The van der Waals surface area contributed by atoms with Gasteiger partial charge in [-0.15, -0.1) is 11.8 Å². The number of carbonyl (C=O) groups is 1. The van der Waals surface area contributed by atoms with E-state index >= 15 is 0 Å². The van der Waals surface area contributed by atoms with Crippen LogP contribution in [0, 0.1) is 0 Å². The minimum Gasteiger partial charge on any atom is -0.368 e. The van der Waals surface area contributed by atoms with Crippen LogP contribution < -0.4 is 10.5 Å². The highest BCUT2D eigenvalue weighted by Crippen LogP contribution is 2.30. The zero-order chi connectivity index (χ0) is 22.8. The molecular weight excluding hydrogens is 520 g/mol. The molecule has 1 fully saturated rings. The summed E-state index contributed by atoms with van der Waals surface area (Å²) in [6, 6.07) is 17.9. The molecule has 0 aliphatic carbocycles. The summed E-state index contributed by atoms with van der Waals surface area (Å²) in [5.74, 6) is 1.22. The van der Waals surface area contributed by atoms with Gasteiger partial charge >= 0.3 is 0 Å². The lowest BCUT2D eigenvalue weighted by molar-refractivity contribution is -0.128. The van der Waals surface area contributed by atoms with Crippen LogP contribution >= 0.6 is 39.5 Å². The molecule has 2 aromatic carbocycles. The molecule has 2 aliphatic rings. The number of anilines is 1. The molecule has 1 saturated heterocycles. The normalized spacial score (nSPS) is 15.5. The Labute approximate surface area is 209 Å². The fraction of sp³-hybridized carbons (Fsp3) is 0.292. The fourth-order valence-electron chi connectivity index (χ4n) is 4.08. The molecule has 170 valence electrons. The number of halogens is 1. The number of rotatable bonds is 5. The molecule has 0 unspecified atom stereocenters. The first-order valence-corrected chi connectivity index (χ1v) is 13.6. The Kier molecular flexibility index (Phi) is 6.80. The van der Waals surface area contributed by atoms with Gasteiger partial charge in [-0.1, -0.05) is 45.9 Å². The van der Waals surface area contributed by atoms with Crippen molar-refractivity contribution in [2.45, 2.75) is 16.5 Å². The van der Waals surface area contributed by atoms with Gasteiger partial charge in [-0.25, -0.2) is 4.98 Å². The van der Waals surface area contributed by atoms with E-state index in [1.54, 1.807) is 16.3 Å². The highest BCUT2D eigenvalue weighted by atomic mass is 79.9. The van der Waals surface area contributed by atoms with Crippen LogP contribution in [-0.2, 0) is 11.2 Å². The van der Waals surface area contributed by atoms with Gasteiger partial charge in [-0.3, -0.25) is 14.2 Å². The number of piperazine rings is 1. The van der Waals surface area contributed by atoms with Gasteiger partial charge in [0, 0.05) is 48.5 Å². The predicted octanol–water partition coefficient (Wildman–Crippen LogP) is 4.08. The highest BCUT2D eigenvalue weighted by molar-refractivity contribution is 9.10. The zero-order valence-electron chi connectivity index (χ0n) is 17.9. The number of benzene rings is 2. The second kappa shape index (κ2) is 9.95. The van der Waals surface area contributed by atoms with Gasteiger partial charge in [0.15, 0.2) is 5.16 Å². The van der Waals surface area contributed by atoms with E-state index < -0.39 is 0 Å². The maximum Gasteiger partial charge on any atom is 0.272 e. The molecule has 3 heterocycles. The first kappa shape index (κ1) is 22.6. The number of thioether (sulfide) groups is 2. The summed E-state index contributed by atoms with van der Waals surface area (Å²) >= 11 is 6.37. The van der Waals surface area contributed by atoms with Crippen LogP contribution in [0.1, 0.15) is 5.69 Å². The minimum absolute atomic E-state index is 0.0451. The lowest BCUT2D eigenvalue weighted by atomic mass is 10.2. The van der Waals surface area contributed by atoms with E-state index in [9.17, 15) is 9.59 Å². The third-order valence-corrected chi connectivity index (χ3v) is 8.39. The van der Waals surface area contributed by atoms with Crippen LogP contribution in [0.2, 0.25) is 0 Å². The molecule has 0 atom stereocenters. The van der Waals surface area contributed by atoms with Crippen molar-refractivity contribution in [2.75, 3.05) is 42.6 Å². The quantitative estimate of drug-likeness (QED) is 0.357. The second-order valence-corrected chi connectivity index (χ2v) is 10.8. The van der Waals surface area contributed by atoms with Crippen molar-refractivity contribution >= 4 is 51.0 Å². The Morgan fingerprint density at radius 2 is 1.73 bits per heavy atom. The Morgan fingerprint density at radius 3 is 2.45 bits per heavy atom. The molecule has 0 bridgehead atoms. The number of aryl methyl sites for hydroxylation is 1. The molecule has 1 amide bonds. The molecule has 0 saturated carbocycles. The largest absolute Gasteiger partial charge is 0.368 e. The van der Waals surface area contributed by atoms with Gasteiger partial charge in [-0.05, 0) is 36.4 Å². The monoisotopic (exact) mass is 542 g/mol. The molecule has 9 heteroatoms. The fourth-order valence-corrected chi connectivity index (χ4v) is 6.30. The van der Waals surface area contributed by atoms with Gasteiger partial charge in [0.25, 0.3) is 5.56 Å². The molecule has 5 rings (SSSR count). The van der Waals surface area contributed by atoms with Crippen LogP contribution in [0.4, 0.5) is 5.69 Å². The standard InChI is InChI=1S/C24H23BrN4O2S2/c25-17-6-8-19(9-7-17)29-23(31)22-20(10-15-32-22)26-24(29)33-16-21(30)28-13-11-27(12-14-28)18-4-2-1-3-5-18/h1-9H,10-16H2. The van der Waals surface area contributed by atoms with Crippen molar-refractivity contribution < 1.29 is 4.79 Å². The predicted molar refractivity (Wildman–Crippen MR) is 138 cm³/mol. The molecule has 2 aliphatic heterocycles. The van der Waals surface area contributed by atoms with E-state index in [1.807, 2.05) is 47.4 Å². The van der Waals surface area contributed by atoms with Crippen LogP contribution in [0.5, 0.6) is 0 Å². The van der Waals surface area contributed by atoms with Gasteiger partial charge in [0.05, 0.1) is 22.0 Å². The summed E-state index contributed by atoms with van der Waals surface area (Å²) < 4.78 is 2.59. The minimum atomic E-state index is -0.0451. The van der Waals surface area contributed by atoms with Gasteiger partial charge in [0.2, 0.25) is 5.91 Å². The topological polar surface area (TPSA) is 58.4 Å². The number of aromatic nitrogens is 2. The third-order valence-electron chi connectivity index (χ3n) is 5.83. The summed E-state index contributed by atoms with van der Waals surface area (Å²) in [5.41, 5.74) is 2.76. The molecule has 0 N–H and O–H groups in total.